The molecule has 0 fully saturated rings. The minimum Gasteiger partial charge on any atom is -0.509 e. The van der Waals surface area contributed by atoms with Crippen LogP contribution in [0.4, 0.5) is 0 Å². The number of aliphatic hydroxyl groups is 1. The summed E-state index contributed by atoms with van der Waals surface area (Å²) in [5.74, 6) is -2.47. The molecule has 116 valence electrons. The Labute approximate surface area is 121 Å². The lowest BCUT2D eigenvalue weighted by atomic mass is 10.4. The molecule has 0 radical (unpaired) electrons. The number of carboxylic acids is 1. The molecule has 0 rings (SSSR count). The van der Waals surface area contributed by atoms with Crippen molar-refractivity contribution < 1.29 is 29.3 Å². The number of carbonyl (C=O) groups excluding carboxylic acids is 2. The minimum atomic E-state index is -1.21. The highest BCUT2D eigenvalue weighted by atomic mass is 16.5. The van der Waals surface area contributed by atoms with Crippen LogP contribution in [0.1, 0.15) is 6.92 Å². The zero-order valence-corrected chi connectivity index (χ0v) is 11.5. The number of hydrogen-bond acceptors (Lipinski definition) is 5. The van der Waals surface area contributed by atoms with E-state index in [2.05, 4.69) is 17.2 Å². The molecule has 0 aliphatic carbocycles. The standard InChI is InChI=1S/C13H18N2O6/c1-9(16)3-4-12(18)15-8-21-10(2)7-14-11(17)5-6-13(19)20/h3-6,10,16H,1,7-8H2,2H3,(H,14,17)(H,15,18)(H,19,20)/b4-3-,6-5-. The number of aliphatic hydroxyl groups excluding tert-OH is 1. The van der Waals surface area contributed by atoms with Crippen molar-refractivity contribution >= 4 is 17.8 Å². The summed E-state index contributed by atoms with van der Waals surface area (Å²) in [4.78, 5) is 32.5. The molecule has 2 amide bonds. The van der Waals surface area contributed by atoms with E-state index in [-0.39, 0.29) is 25.1 Å². The Hall–Kier alpha value is -2.61. The van der Waals surface area contributed by atoms with Crippen molar-refractivity contribution in [1.82, 2.24) is 10.6 Å². The van der Waals surface area contributed by atoms with E-state index in [0.717, 1.165) is 24.3 Å². The van der Waals surface area contributed by atoms with Gasteiger partial charge in [0.2, 0.25) is 11.8 Å². The first-order chi connectivity index (χ1) is 9.81. The van der Waals surface area contributed by atoms with Crippen molar-refractivity contribution in [2.45, 2.75) is 13.0 Å². The normalized spacial score (nSPS) is 12.2. The van der Waals surface area contributed by atoms with Gasteiger partial charge in [0.25, 0.3) is 0 Å². The van der Waals surface area contributed by atoms with E-state index in [1.54, 1.807) is 6.92 Å². The van der Waals surface area contributed by atoms with Crippen LogP contribution in [0.25, 0.3) is 0 Å². The van der Waals surface area contributed by atoms with E-state index < -0.39 is 17.8 Å². The van der Waals surface area contributed by atoms with Crippen LogP contribution < -0.4 is 10.6 Å². The van der Waals surface area contributed by atoms with E-state index in [9.17, 15) is 14.4 Å². The molecular formula is C13H18N2O6. The number of ether oxygens (including phenoxy) is 1. The SMILES string of the molecule is C=C(O)/C=C\C(=O)NCOC(C)CNC(=O)/C=C\C(=O)O. The van der Waals surface area contributed by atoms with Gasteiger partial charge in [-0.2, -0.15) is 0 Å². The van der Waals surface area contributed by atoms with Crippen LogP contribution >= 0.6 is 0 Å². The Kier molecular flexibility index (Phi) is 8.94. The Balaban J connectivity index is 3.83. The molecule has 21 heavy (non-hydrogen) atoms. The van der Waals surface area contributed by atoms with Crippen molar-refractivity contribution in [3.63, 3.8) is 0 Å². The van der Waals surface area contributed by atoms with Crippen LogP contribution in [0.2, 0.25) is 0 Å². The molecular weight excluding hydrogens is 280 g/mol. The number of amides is 2. The van der Waals surface area contributed by atoms with E-state index in [1.807, 2.05) is 0 Å². The summed E-state index contributed by atoms with van der Waals surface area (Å²) in [6.07, 6.45) is 3.46. The van der Waals surface area contributed by atoms with Gasteiger partial charge in [-0.3, -0.25) is 9.59 Å². The predicted octanol–water partition coefficient (Wildman–Crippen LogP) is -0.150. The second-order valence-corrected chi connectivity index (χ2v) is 3.90. The lowest BCUT2D eigenvalue weighted by molar-refractivity contribution is -0.131. The largest absolute Gasteiger partial charge is 0.509 e. The smallest absolute Gasteiger partial charge is 0.328 e. The Morgan fingerprint density at radius 2 is 1.67 bits per heavy atom. The van der Waals surface area contributed by atoms with Gasteiger partial charge in [0.15, 0.2) is 0 Å². The van der Waals surface area contributed by atoms with Gasteiger partial charge in [-0.1, -0.05) is 6.58 Å². The van der Waals surface area contributed by atoms with Crippen molar-refractivity contribution in [2.75, 3.05) is 13.3 Å². The van der Waals surface area contributed by atoms with Crippen LogP contribution in [0.15, 0.2) is 36.6 Å². The molecule has 0 saturated carbocycles. The third kappa shape index (κ3) is 12.2. The van der Waals surface area contributed by atoms with E-state index in [4.69, 9.17) is 14.9 Å². The number of carbonyl (C=O) groups is 3. The number of nitrogens with one attached hydrogen (secondary N) is 2. The zero-order valence-electron chi connectivity index (χ0n) is 11.5. The van der Waals surface area contributed by atoms with Gasteiger partial charge in [0, 0.05) is 24.8 Å². The van der Waals surface area contributed by atoms with Crippen molar-refractivity contribution in [3.05, 3.63) is 36.6 Å². The van der Waals surface area contributed by atoms with E-state index in [1.165, 1.54) is 0 Å². The molecule has 1 atom stereocenters. The second kappa shape index (κ2) is 10.2. The van der Waals surface area contributed by atoms with Gasteiger partial charge < -0.3 is 25.6 Å². The molecule has 0 aliphatic heterocycles. The summed E-state index contributed by atoms with van der Waals surface area (Å²) in [7, 11) is 0. The Morgan fingerprint density at radius 1 is 1.10 bits per heavy atom. The third-order valence-corrected chi connectivity index (χ3v) is 1.98. The molecule has 0 heterocycles. The highest BCUT2D eigenvalue weighted by Gasteiger charge is 2.04. The summed E-state index contributed by atoms with van der Waals surface area (Å²) in [6, 6.07) is 0. The number of rotatable bonds is 9. The lowest BCUT2D eigenvalue weighted by Gasteiger charge is -2.13. The first kappa shape index (κ1) is 18.4. The molecule has 0 aromatic rings. The zero-order chi connectivity index (χ0) is 16.3. The summed E-state index contributed by atoms with van der Waals surface area (Å²) in [5, 5.41) is 21.9. The summed E-state index contributed by atoms with van der Waals surface area (Å²) >= 11 is 0. The van der Waals surface area contributed by atoms with Crippen LogP contribution in [0.3, 0.4) is 0 Å². The maximum atomic E-state index is 11.2. The average molecular weight is 298 g/mol. The molecule has 0 bridgehead atoms. The highest BCUT2D eigenvalue weighted by molar-refractivity contribution is 5.93. The fraction of sp³-hybridized carbons (Fsp3) is 0.308. The number of hydrogen-bond donors (Lipinski definition) is 4. The lowest BCUT2D eigenvalue weighted by Crippen LogP contribution is -2.34. The fourth-order valence-corrected chi connectivity index (χ4v) is 0.995. The van der Waals surface area contributed by atoms with Crippen LogP contribution in [0.5, 0.6) is 0 Å². The van der Waals surface area contributed by atoms with Gasteiger partial charge >= 0.3 is 5.97 Å². The van der Waals surface area contributed by atoms with Crippen LogP contribution in [-0.2, 0) is 19.1 Å². The third-order valence-electron chi connectivity index (χ3n) is 1.98. The molecule has 0 spiro atoms. The summed E-state index contributed by atoms with van der Waals surface area (Å²) < 4.78 is 5.19. The van der Waals surface area contributed by atoms with Crippen molar-refractivity contribution in [3.8, 4) is 0 Å². The Morgan fingerprint density at radius 3 is 2.24 bits per heavy atom. The fourth-order valence-electron chi connectivity index (χ4n) is 0.995. The average Bonchev–Trinajstić information content (AvgIpc) is 2.40. The molecule has 0 aromatic carbocycles. The first-order valence-corrected chi connectivity index (χ1v) is 5.95. The van der Waals surface area contributed by atoms with E-state index >= 15 is 0 Å². The maximum absolute atomic E-state index is 11.2. The molecule has 1 unspecified atom stereocenters. The summed E-state index contributed by atoms with van der Waals surface area (Å²) in [5.41, 5.74) is 0. The summed E-state index contributed by atoms with van der Waals surface area (Å²) in [6.45, 7) is 4.92. The molecule has 4 N–H and O–H groups in total. The molecule has 0 aromatic heterocycles. The quantitative estimate of drug-likeness (QED) is 0.203. The first-order valence-electron chi connectivity index (χ1n) is 5.95. The van der Waals surface area contributed by atoms with Gasteiger partial charge in [0.05, 0.1) is 6.10 Å². The highest BCUT2D eigenvalue weighted by Crippen LogP contribution is 1.88. The van der Waals surface area contributed by atoms with Gasteiger partial charge in [-0.05, 0) is 13.0 Å². The minimum absolute atomic E-state index is 0.0803. The molecule has 8 nitrogen and oxygen atoms in total. The monoisotopic (exact) mass is 298 g/mol. The number of allylic oxidation sites excluding steroid dienone is 1. The van der Waals surface area contributed by atoms with Gasteiger partial charge in [-0.25, -0.2) is 4.79 Å². The Bertz CT molecular complexity index is 456. The van der Waals surface area contributed by atoms with Gasteiger partial charge in [-0.15, -0.1) is 0 Å². The van der Waals surface area contributed by atoms with E-state index in [0.29, 0.717) is 0 Å². The van der Waals surface area contributed by atoms with Crippen LogP contribution in [-0.4, -0.2) is 47.4 Å². The van der Waals surface area contributed by atoms with Crippen LogP contribution in [0, 0.1) is 0 Å². The topological polar surface area (TPSA) is 125 Å². The number of carboxylic acid groups (broad SMARTS) is 1. The van der Waals surface area contributed by atoms with Crippen molar-refractivity contribution in [2.24, 2.45) is 0 Å². The number of aliphatic carboxylic acids is 1. The molecule has 8 heteroatoms. The predicted molar refractivity (Wildman–Crippen MR) is 74.3 cm³/mol. The maximum Gasteiger partial charge on any atom is 0.328 e. The molecule has 0 saturated heterocycles. The molecule has 0 aliphatic rings. The second-order valence-electron chi connectivity index (χ2n) is 3.90. The van der Waals surface area contributed by atoms with Crippen molar-refractivity contribution in [1.29, 1.82) is 0 Å². The van der Waals surface area contributed by atoms with Gasteiger partial charge in [0.1, 0.15) is 12.5 Å².